The first-order valence-corrected chi connectivity index (χ1v) is 10.9. The van der Waals surface area contributed by atoms with Gasteiger partial charge in [0, 0.05) is 37.0 Å². The quantitative estimate of drug-likeness (QED) is 0.776. The smallest absolute Gasteiger partial charge is 0.226 e. The largest absolute Gasteiger partial charge is 0.493 e. The van der Waals surface area contributed by atoms with Crippen molar-refractivity contribution < 1.29 is 14.3 Å². The number of piperidine rings is 1. The van der Waals surface area contributed by atoms with Gasteiger partial charge in [0.2, 0.25) is 11.8 Å². The molecule has 0 aliphatic carbocycles. The molecule has 28 heavy (non-hydrogen) atoms. The summed E-state index contributed by atoms with van der Waals surface area (Å²) in [5, 5.41) is 2.12. The molecule has 6 heteroatoms. The normalized spacial score (nSPS) is 17.3. The Hall–Kier alpha value is -2.34. The summed E-state index contributed by atoms with van der Waals surface area (Å²) in [6, 6.07) is 11.7. The van der Waals surface area contributed by atoms with E-state index in [2.05, 4.69) is 11.4 Å². The molecular weight excluding hydrogens is 372 g/mol. The molecule has 0 spiro atoms. The molecule has 5 nitrogen and oxygen atoms in total. The first kappa shape index (κ1) is 19.0. The van der Waals surface area contributed by atoms with E-state index in [0.717, 1.165) is 38.1 Å². The monoisotopic (exact) mass is 398 g/mol. The van der Waals surface area contributed by atoms with E-state index in [0.29, 0.717) is 26.1 Å². The maximum absolute atomic E-state index is 12.9. The molecule has 1 fully saturated rings. The van der Waals surface area contributed by atoms with Gasteiger partial charge in [0.25, 0.3) is 0 Å². The fourth-order valence-corrected chi connectivity index (χ4v) is 4.89. The fourth-order valence-electron chi connectivity index (χ4n) is 4.00. The number of amides is 2. The first-order chi connectivity index (χ1) is 13.7. The predicted molar refractivity (Wildman–Crippen MR) is 109 cm³/mol. The Morgan fingerprint density at radius 2 is 1.82 bits per heavy atom. The van der Waals surface area contributed by atoms with Crippen molar-refractivity contribution in [1.29, 1.82) is 0 Å². The van der Waals surface area contributed by atoms with Crippen LogP contribution in [-0.4, -0.2) is 47.9 Å². The number of benzene rings is 1. The Kier molecular flexibility index (Phi) is 5.95. The molecule has 2 aromatic rings. The van der Waals surface area contributed by atoms with E-state index in [1.54, 1.807) is 11.3 Å². The van der Waals surface area contributed by atoms with Gasteiger partial charge in [-0.1, -0.05) is 18.2 Å². The number of likely N-dealkylation sites (tertiary alicyclic amines) is 1. The summed E-state index contributed by atoms with van der Waals surface area (Å²) in [5.74, 6) is 1.21. The van der Waals surface area contributed by atoms with Gasteiger partial charge in [-0.3, -0.25) is 9.59 Å². The topological polar surface area (TPSA) is 49.9 Å². The lowest BCUT2D eigenvalue weighted by Crippen LogP contribution is -2.45. The maximum atomic E-state index is 12.9. The fraction of sp³-hybridized carbons (Fsp3) is 0.455. The minimum absolute atomic E-state index is 0.0461. The third kappa shape index (κ3) is 4.38. The van der Waals surface area contributed by atoms with E-state index < -0.39 is 0 Å². The number of ether oxygens (including phenoxy) is 1. The second-order valence-electron chi connectivity index (χ2n) is 7.45. The Balaban J connectivity index is 1.21. The molecule has 148 valence electrons. The van der Waals surface area contributed by atoms with Gasteiger partial charge in [-0.25, -0.2) is 0 Å². The molecule has 0 radical (unpaired) electrons. The van der Waals surface area contributed by atoms with E-state index >= 15 is 0 Å². The molecule has 4 rings (SSSR count). The van der Waals surface area contributed by atoms with E-state index in [9.17, 15) is 9.59 Å². The summed E-state index contributed by atoms with van der Waals surface area (Å²) in [5.41, 5.74) is 1.30. The molecule has 2 aliphatic rings. The van der Waals surface area contributed by atoms with Crippen molar-refractivity contribution >= 4 is 23.2 Å². The van der Waals surface area contributed by atoms with Crippen molar-refractivity contribution in [2.24, 2.45) is 5.92 Å². The molecule has 2 amide bonds. The summed E-state index contributed by atoms with van der Waals surface area (Å²) >= 11 is 1.79. The minimum atomic E-state index is 0.0461. The standard InChI is InChI=1S/C22H26N2O3S/c25-21(9-14-27-19-4-2-1-3-5-19)23-11-6-17(7-12-23)22(26)24-13-8-20-18(16-24)10-15-28-20/h1-5,10,15,17H,6-9,11-14,16H2. The number of rotatable bonds is 5. The van der Waals surface area contributed by atoms with Crippen LogP contribution in [0.25, 0.3) is 0 Å². The number of nitrogens with zero attached hydrogens (tertiary/aromatic N) is 2. The lowest BCUT2D eigenvalue weighted by molar-refractivity contribution is -0.141. The van der Waals surface area contributed by atoms with Crippen LogP contribution in [0, 0.1) is 5.92 Å². The zero-order valence-electron chi connectivity index (χ0n) is 16.0. The van der Waals surface area contributed by atoms with Gasteiger partial charge in [0.05, 0.1) is 13.0 Å². The molecule has 2 aliphatic heterocycles. The third-order valence-electron chi connectivity index (χ3n) is 5.64. The molecular formula is C22H26N2O3S. The summed E-state index contributed by atoms with van der Waals surface area (Å²) in [6.45, 7) is 3.28. The highest BCUT2D eigenvalue weighted by Gasteiger charge is 2.31. The van der Waals surface area contributed by atoms with Crippen LogP contribution in [0.3, 0.4) is 0 Å². The van der Waals surface area contributed by atoms with E-state index in [-0.39, 0.29) is 17.7 Å². The maximum Gasteiger partial charge on any atom is 0.226 e. The van der Waals surface area contributed by atoms with Gasteiger partial charge in [-0.2, -0.15) is 0 Å². The Bertz CT molecular complexity index is 812. The second-order valence-corrected chi connectivity index (χ2v) is 8.45. The van der Waals surface area contributed by atoms with Crippen LogP contribution in [-0.2, 0) is 22.6 Å². The summed E-state index contributed by atoms with van der Waals surface area (Å²) in [6.07, 6.45) is 2.87. The average molecular weight is 399 g/mol. The number of para-hydroxylation sites is 1. The number of hydrogen-bond donors (Lipinski definition) is 0. The Morgan fingerprint density at radius 3 is 2.61 bits per heavy atom. The molecule has 3 heterocycles. The molecule has 0 N–H and O–H groups in total. The van der Waals surface area contributed by atoms with Crippen LogP contribution in [0.1, 0.15) is 29.7 Å². The van der Waals surface area contributed by atoms with Gasteiger partial charge >= 0.3 is 0 Å². The molecule has 0 atom stereocenters. The van der Waals surface area contributed by atoms with Crippen molar-refractivity contribution in [2.45, 2.75) is 32.2 Å². The molecule has 1 saturated heterocycles. The summed E-state index contributed by atoms with van der Waals surface area (Å²) in [7, 11) is 0. The Labute approximate surface area is 169 Å². The van der Waals surface area contributed by atoms with Gasteiger partial charge in [-0.15, -0.1) is 11.3 Å². The lowest BCUT2D eigenvalue weighted by atomic mass is 9.94. The van der Waals surface area contributed by atoms with Crippen molar-refractivity contribution in [3.63, 3.8) is 0 Å². The average Bonchev–Trinajstić information content (AvgIpc) is 3.22. The number of carbonyl (C=O) groups is 2. The third-order valence-corrected chi connectivity index (χ3v) is 6.67. The first-order valence-electron chi connectivity index (χ1n) is 10.0. The highest BCUT2D eigenvalue weighted by Crippen LogP contribution is 2.27. The van der Waals surface area contributed by atoms with E-state index in [1.807, 2.05) is 40.1 Å². The van der Waals surface area contributed by atoms with Gasteiger partial charge < -0.3 is 14.5 Å². The van der Waals surface area contributed by atoms with Crippen LogP contribution in [0.15, 0.2) is 41.8 Å². The highest BCUT2D eigenvalue weighted by atomic mass is 32.1. The minimum Gasteiger partial charge on any atom is -0.493 e. The number of fused-ring (bicyclic) bond motifs is 1. The van der Waals surface area contributed by atoms with Crippen molar-refractivity contribution in [3.05, 3.63) is 52.2 Å². The molecule has 0 unspecified atom stereocenters. The molecule has 1 aromatic heterocycles. The van der Waals surface area contributed by atoms with Crippen LogP contribution >= 0.6 is 11.3 Å². The molecule has 1 aromatic carbocycles. The van der Waals surface area contributed by atoms with Gasteiger partial charge in [0.15, 0.2) is 0 Å². The number of carbonyl (C=O) groups excluding carboxylic acids is 2. The highest BCUT2D eigenvalue weighted by molar-refractivity contribution is 7.10. The lowest BCUT2D eigenvalue weighted by Gasteiger charge is -2.35. The molecule has 0 bridgehead atoms. The van der Waals surface area contributed by atoms with Crippen LogP contribution < -0.4 is 4.74 Å². The van der Waals surface area contributed by atoms with E-state index in [1.165, 1.54) is 10.4 Å². The zero-order chi connectivity index (χ0) is 19.3. The number of hydrogen-bond acceptors (Lipinski definition) is 4. The summed E-state index contributed by atoms with van der Waals surface area (Å²) in [4.78, 5) is 30.6. The van der Waals surface area contributed by atoms with Crippen molar-refractivity contribution in [1.82, 2.24) is 9.80 Å². The van der Waals surface area contributed by atoms with Crippen LogP contribution in [0.2, 0.25) is 0 Å². The second kappa shape index (κ2) is 8.78. The molecule has 0 saturated carbocycles. The summed E-state index contributed by atoms with van der Waals surface area (Å²) < 4.78 is 5.62. The van der Waals surface area contributed by atoms with Crippen molar-refractivity contribution in [2.75, 3.05) is 26.2 Å². The SMILES string of the molecule is O=C(CCOc1ccccc1)N1CCC(C(=O)N2CCc3sccc3C2)CC1. The zero-order valence-corrected chi connectivity index (χ0v) is 16.8. The Morgan fingerprint density at radius 1 is 1.04 bits per heavy atom. The number of thiophene rings is 1. The van der Waals surface area contributed by atoms with Gasteiger partial charge in [-0.05, 0) is 48.4 Å². The predicted octanol–water partition coefficient (Wildman–Crippen LogP) is 3.34. The van der Waals surface area contributed by atoms with E-state index in [4.69, 9.17) is 4.74 Å². The van der Waals surface area contributed by atoms with Gasteiger partial charge in [0.1, 0.15) is 5.75 Å². The van der Waals surface area contributed by atoms with Crippen LogP contribution in [0.5, 0.6) is 5.75 Å². The van der Waals surface area contributed by atoms with Crippen LogP contribution in [0.4, 0.5) is 0 Å². The van der Waals surface area contributed by atoms with Crippen molar-refractivity contribution in [3.8, 4) is 5.75 Å².